The van der Waals surface area contributed by atoms with Gasteiger partial charge < -0.3 is 9.88 Å². The molecule has 1 aromatic carbocycles. The van der Waals surface area contributed by atoms with Crippen LogP contribution in [-0.2, 0) is 11.8 Å². The van der Waals surface area contributed by atoms with Gasteiger partial charge in [-0.1, -0.05) is 41.6 Å². The van der Waals surface area contributed by atoms with Crippen molar-refractivity contribution in [1.82, 2.24) is 14.8 Å². The zero-order chi connectivity index (χ0) is 22.0. The highest BCUT2D eigenvalue weighted by molar-refractivity contribution is 7.99. The summed E-state index contributed by atoms with van der Waals surface area (Å²) in [5.74, 6) is 0.774. The second-order valence-electron chi connectivity index (χ2n) is 6.92. The molecule has 0 saturated heterocycles. The molecule has 1 N–H and O–H groups in total. The number of hydrogen-bond donors (Lipinski definition) is 1. The smallest absolute Gasteiger partial charge is 0.235 e. The van der Waals surface area contributed by atoms with Crippen LogP contribution in [0.2, 0.25) is 0 Å². The van der Waals surface area contributed by atoms with Crippen molar-refractivity contribution >= 4 is 45.3 Å². The van der Waals surface area contributed by atoms with E-state index < -0.39 is 0 Å². The Kier molecular flexibility index (Phi) is 6.23. The van der Waals surface area contributed by atoms with Crippen LogP contribution in [0.25, 0.3) is 22.5 Å². The molecule has 9 heteroatoms. The standard InChI is InChI=1S/C22H19N5OS3/c1-13-4-6-15(7-5-13)19-14(2)30-11-17(19)20-25-26-22(27(20)3)31-12-18(28)24-21-16(10-23)8-9-29-21/h4-9,11H,12H2,1-3H3,(H,24,28). The van der Waals surface area contributed by atoms with Crippen LogP contribution in [0.3, 0.4) is 0 Å². The molecule has 1 amide bonds. The molecule has 0 aliphatic carbocycles. The van der Waals surface area contributed by atoms with Crippen LogP contribution in [0.4, 0.5) is 5.00 Å². The maximum Gasteiger partial charge on any atom is 0.235 e. The first-order chi connectivity index (χ1) is 15.0. The zero-order valence-corrected chi connectivity index (χ0v) is 19.6. The molecule has 3 aromatic heterocycles. The SMILES string of the molecule is Cc1ccc(-c2c(-c3nnc(SCC(=O)Nc4sccc4C#N)n3C)csc2C)cc1. The topological polar surface area (TPSA) is 83.6 Å². The number of carbonyl (C=O) groups excluding carboxylic acids is 1. The average molecular weight is 466 g/mol. The number of amides is 1. The molecule has 4 aromatic rings. The molecule has 0 aliphatic rings. The van der Waals surface area contributed by atoms with E-state index in [2.05, 4.69) is 65.1 Å². The van der Waals surface area contributed by atoms with E-state index in [0.717, 1.165) is 22.5 Å². The van der Waals surface area contributed by atoms with Crippen LogP contribution >= 0.6 is 34.4 Å². The minimum Gasteiger partial charge on any atom is -0.316 e. The second-order valence-corrected chi connectivity index (χ2v) is 9.87. The first-order valence-electron chi connectivity index (χ1n) is 9.43. The Balaban J connectivity index is 1.52. The van der Waals surface area contributed by atoms with Crippen LogP contribution in [0, 0.1) is 25.2 Å². The Morgan fingerprint density at radius 1 is 1.19 bits per heavy atom. The summed E-state index contributed by atoms with van der Waals surface area (Å²) in [7, 11) is 1.91. The number of benzene rings is 1. The Bertz CT molecular complexity index is 1280. The Morgan fingerprint density at radius 3 is 2.71 bits per heavy atom. The molecule has 0 radical (unpaired) electrons. The summed E-state index contributed by atoms with van der Waals surface area (Å²) in [6.07, 6.45) is 0. The summed E-state index contributed by atoms with van der Waals surface area (Å²) >= 11 is 4.34. The van der Waals surface area contributed by atoms with Gasteiger partial charge in [0.2, 0.25) is 5.91 Å². The molecule has 0 fully saturated rings. The van der Waals surface area contributed by atoms with Crippen LogP contribution < -0.4 is 5.32 Å². The number of carbonyl (C=O) groups is 1. The molecule has 6 nitrogen and oxygen atoms in total. The van der Waals surface area contributed by atoms with E-state index in [4.69, 9.17) is 5.26 Å². The van der Waals surface area contributed by atoms with Gasteiger partial charge in [0.1, 0.15) is 11.1 Å². The first-order valence-corrected chi connectivity index (χ1v) is 12.2. The minimum atomic E-state index is -0.180. The van der Waals surface area contributed by atoms with Gasteiger partial charge in [-0.05, 0) is 30.9 Å². The van der Waals surface area contributed by atoms with Crippen molar-refractivity contribution in [3.8, 4) is 28.6 Å². The lowest BCUT2D eigenvalue weighted by atomic mass is 10.0. The molecule has 0 unspecified atom stereocenters. The maximum absolute atomic E-state index is 12.3. The van der Waals surface area contributed by atoms with E-state index in [0.29, 0.717) is 15.7 Å². The molecule has 0 saturated carbocycles. The minimum absolute atomic E-state index is 0.180. The normalized spacial score (nSPS) is 10.8. The summed E-state index contributed by atoms with van der Waals surface area (Å²) in [5.41, 5.74) is 5.05. The lowest BCUT2D eigenvalue weighted by Crippen LogP contribution is -2.14. The quantitative estimate of drug-likeness (QED) is 0.381. The van der Waals surface area contributed by atoms with E-state index in [1.54, 1.807) is 22.8 Å². The lowest BCUT2D eigenvalue weighted by molar-refractivity contribution is -0.113. The Labute approximate surface area is 192 Å². The third kappa shape index (κ3) is 4.42. The molecule has 0 bridgehead atoms. The van der Waals surface area contributed by atoms with Crippen molar-refractivity contribution in [2.75, 3.05) is 11.1 Å². The second kappa shape index (κ2) is 9.06. The summed E-state index contributed by atoms with van der Waals surface area (Å²) in [5, 5.41) is 25.7. The van der Waals surface area contributed by atoms with E-state index >= 15 is 0 Å². The summed E-state index contributed by atoms with van der Waals surface area (Å²) < 4.78 is 1.92. The van der Waals surface area contributed by atoms with Gasteiger partial charge in [0.15, 0.2) is 11.0 Å². The summed E-state index contributed by atoms with van der Waals surface area (Å²) in [6, 6.07) is 12.2. The van der Waals surface area contributed by atoms with Gasteiger partial charge in [-0.15, -0.1) is 32.9 Å². The van der Waals surface area contributed by atoms with Gasteiger partial charge in [-0.2, -0.15) is 5.26 Å². The van der Waals surface area contributed by atoms with Gasteiger partial charge in [0.25, 0.3) is 0 Å². The number of thiophene rings is 2. The van der Waals surface area contributed by atoms with E-state index in [9.17, 15) is 4.79 Å². The number of hydrogen-bond acceptors (Lipinski definition) is 7. The molecular weight excluding hydrogens is 446 g/mol. The van der Waals surface area contributed by atoms with Crippen molar-refractivity contribution in [3.05, 3.63) is 57.1 Å². The average Bonchev–Trinajstić information content (AvgIpc) is 3.46. The predicted molar refractivity (Wildman–Crippen MR) is 128 cm³/mol. The van der Waals surface area contributed by atoms with Gasteiger partial charge in [0, 0.05) is 28.4 Å². The van der Waals surface area contributed by atoms with Crippen LogP contribution in [0.1, 0.15) is 16.0 Å². The van der Waals surface area contributed by atoms with Crippen LogP contribution in [0.15, 0.2) is 46.2 Å². The first kappa shape index (κ1) is 21.3. The van der Waals surface area contributed by atoms with Crippen molar-refractivity contribution in [2.24, 2.45) is 7.05 Å². The summed E-state index contributed by atoms with van der Waals surface area (Å²) in [4.78, 5) is 13.5. The fraction of sp³-hybridized carbons (Fsp3) is 0.182. The molecule has 0 atom stereocenters. The van der Waals surface area contributed by atoms with Crippen molar-refractivity contribution < 1.29 is 4.79 Å². The molecule has 0 aliphatic heterocycles. The molecular formula is C22H19N5OS3. The van der Waals surface area contributed by atoms with Gasteiger partial charge >= 0.3 is 0 Å². The monoisotopic (exact) mass is 465 g/mol. The lowest BCUT2D eigenvalue weighted by Gasteiger charge is -2.08. The van der Waals surface area contributed by atoms with E-state index in [1.807, 2.05) is 11.6 Å². The van der Waals surface area contributed by atoms with Crippen LogP contribution in [-0.4, -0.2) is 26.4 Å². The number of aromatic nitrogens is 3. The third-order valence-electron chi connectivity index (χ3n) is 4.76. The largest absolute Gasteiger partial charge is 0.316 e. The van der Waals surface area contributed by atoms with Gasteiger partial charge in [-0.3, -0.25) is 4.79 Å². The van der Waals surface area contributed by atoms with Crippen molar-refractivity contribution in [1.29, 1.82) is 5.26 Å². The number of nitriles is 1. The highest BCUT2D eigenvalue weighted by Crippen LogP contribution is 2.39. The Hall–Kier alpha value is -2.93. The molecule has 31 heavy (non-hydrogen) atoms. The molecule has 4 rings (SSSR count). The van der Waals surface area contributed by atoms with Crippen LogP contribution in [0.5, 0.6) is 0 Å². The number of nitrogens with zero attached hydrogens (tertiary/aromatic N) is 4. The van der Waals surface area contributed by atoms with E-state index in [-0.39, 0.29) is 11.7 Å². The maximum atomic E-state index is 12.3. The zero-order valence-electron chi connectivity index (χ0n) is 17.2. The molecule has 0 spiro atoms. The highest BCUT2D eigenvalue weighted by Gasteiger charge is 2.19. The summed E-state index contributed by atoms with van der Waals surface area (Å²) in [6.45, 7) is 4.19. The van der Waals surface area contributed by atoms with Crippen molar-refractivity contribution in [2.45, 2.75) is 19.0 Å². The molecule has 3 heterocycles. The molecule has 156 valence electrons. The van der Waals surface area contributed by atoms with Gasteiger partial charge in [0.05, 0.1) is 11.3 Å². The number of aryl methyl sites for hydroxylation is 2. The number of rotatable bonds is 6. The van der Waals surface area contributed by atoms with Crippen molar-refractivity contribution in [3.63, 3.8) is 0 Å². The fourth-order valence-electron chi connectivity index (χ4n) is 3.16. The van der Waals surface area contributed by atoms with E-state index in [1.165, 1.54) is 33.5 Å². The fourth-order valence-corrected chi connectivity index (χ4v) is 5.49. The number of thioether (sulfide) groups is 1. The Morgan fingerprint density at radius 2 is 1.97 bits per heavy atom. The van der Waals surface area contributed by atoms with Gasteiger partial charge in [-0.25, -0.2) is 0 Å². The number of nitrogens with one attached hydrogen (secondary N) is 1. The highest BCUT2D eigenvalue weighted by atomic mass is 32.2. The predicted octanol–water partition coefficient (Wildman–Crippen LogP) is 5.49. The third-order valence-corrected chi connectivity index (χ3v) is 7.52. The number of anilines is 1.